The van der Waals surface area contributed by atoms with Crippen LogP contribution in [0.15, 0.2) is 43.0 Å². The molecular formula is C16H18ClF2NO4. The highest BCUT2D eigenvalue weighted by Crippen LogP contribution is 2.37. The number of alkyl halides is 3. The first-order valence-electron chi connectivity index (χ1n) is 7.01. The first kappa shape index (κ1) is 19.9. The van der Waals surface area contributed by atoms with Crippen molar-refractivity contribution in [3.05, 3.63) is 48.6 Å². The van der Waals surface area contributed by atoms with Crippen molar-refractivity contribution >= 4 is 23.7 Å². The highest BCUT2D eigenvalue weighted by molar-refractivity contribution is 6.24. The third-order valence-corrected chi connectivity index (χ3v) is 3.59. The Balaban J connectivity index is 2.91. The summed E-state index contributed by atoms with van der Waals surface area (Å²) in [6, 6.07) is 8.61. The molecule has 1 rings (SSSR count). The Morgan fingerprint density at radius 3 is 2.46 bits per heavy atom. The summed E-state index contributed by atoms with van der Waals surface area (Å²) in [5.41, 5.74) is -2.11. The van der Waals surface area contributed by atoms with Gasteiger partial charge in [-0.3, -0.25) is 5.32 Å². The number of carbonyl (C=O) groups excluding carboxylic acids is 2. The average Bonchev–Trinajstić information content (AvgIpc) is 2.55. The van der Waals surface area contributed by atoms with Gasteiger partial charge in [-0.25, -0.2) is 9.59 Å². The molecule has 0 aliphatic carbocycles. The molecule has 1 unspecified atom stereocenters. The summed E-state index contributed by atoms with van der Waals surface area (Å²) in [5, 5.41) is -2.23. The number of allylic oxidation sites excluding steroid dienone is 1. The van der Waals surface area contributed by atoms with Crippen molar-refractivity contribution < 1.29 is 27.8 Å². The van der Waals surface area contributed by atoms with Crippen LogP contribution in [0, 0.1) is 0 Å². The molecule has 8 heteroatoms. The van der Waals surface area contributed by atoms with E-state index in [0.29, 0.717) is 5.56 Å². The van der Waals surface area contributed by atoms with Gasteiger partial charge < -0.3 is 9.47 Å². The Morgan fingerprint density at radius 2 is 1.96 bits per heavy atom. The van der Waals surface area contributed by atoms with Crippen molar-refractivity contribution in [1.82, 2.24) is 5.32 Å². The van der Waals surface area contributed by atoms with Crippen LogP contribution >= 0.6 is 11.6 Å². The van der Waals surface area contributed by atoms with Gasteiger partial charge in [-0.1, -0.05) is 36.4 Å². The molecule has 0 heterocycles. The van der Waals surface area contributed by atoms with Crippen LogP contribution in [0.1, 0.15) is 18.4 Å². The molecule has 1 atom stereocenters. The fourth-order valence-electron chi connectivity index (χ4n) is 1.97. The second kappa shape index (κ2) is 8.63. The lowest BCUT2D eigenvalue weighted by molar-refractivity contribution is -0.159. The summed E-state index contributed by atoms with van der Waals surface area (Å²) in [6.45, 7) is 3.25. The minimum atomic E-state index is -4.09. The molecule has 5 nitrogen and oxygen atoms in total. The normalized spacial score (nSPS) is 13.5. The highest BCUT2D eigenvalue weighted by atomic mass is 35.5. The topological polar surface area (TPSA) is 64.6 Å². The number of methoxy groups -OCH3 is 1. The van der Waals surface area contributed by atoms with Crippen LogP contribution in [0.25, 0.3) is 0 Å². The lowest BCUT2D eigenvalue weighted by Gasteiger charge is -2.34. The van der Waals surface area contributed by atoms with Crippen molar-refractivity contribution in [2.45, 2.75) is 30.4 Å². The van der Waals surface area contributed by atoms with Gasteiger partial charge >= 0.3 is 17.4 Å². The van der Waals surface area contributed by atoms with Crippen molar-refractivity contribution in [2.24, 2.45) is 0 Å². The summed E-state index contributed by atoms with van der Waals surface area (Å²) in [5.74, 6) is -1.37. The molecule has 1 N–H and O–H groups in total. The van der Waals surface area contributed by atoms with Crippen LogP contribution in [0.5, 0.6) is 0 Å². The molecule has 0 radical (unpaired) electrons. The van der Waals surface area contributed by atoms with Crippen LogP contribution in [-0.4, -0.2) is 30.1 Å². The van der Waals surface area contributed by atoms with E-state index in [-0.39, 0.29) is 13.0 Å². The zero-order valence-electron chi connectivity index (χ0n) is 13.1. The molecular weight excluding hydrogens is 344 g/mol. The fourth-order valence-corrected chi connectivity index (χ4v) is 2.19. The molecule has 0 bridgehead atoms. The van der Waals surface area contributed by atoms with Gasteiger partial charge in [-0.15, -0.1) is 6.58 Å². The molecule has 1 aromatic carbocycles. The van der Waals surface area contributed by atoms with Gasteiger partial charge in [0, 0.05) is 0 Å². The fraction of sp³-hybridized carbons (Fsp3) is 0.375. The summed E-state index contributed by atoms with van der Waals surface area (Å²) < 4.78 is 37.0. The van der Waals surface area contributed by atoms with E-state index in [9.17, 15) is 18.4 Å². The largest absolute Gasteiger partial charge is 0.467 e. The van der Waals surface area contributed by atoms with Gasteiger partial charge in [-0.05, 0) is 30.0 Å². The zero-order chi connectivity index (χ0) is 18.2. The number of amides is 1. The highest BCUT2D eigenvalue weighted by Gasteiger charge is 2.60. The molecule has 0 aromatic heterocycles. The van der Waals surface area contributed by atoms with E-state index in [1.807, 2.05) is 5.32 Å². The second-order valence-corrected chi connectivity index (χ2v) is 5.38. The smallest absolute Gasteiger partial charge is 0.408 e. The molecule has 0 spiro atoms. The number of halogens is 3. The standard InChI is InChI=1S/C16H18ClF2NO4/c1-3-4-10-15(13(21)23-2,16(17,18)19)20-14(22)24-11-12-8-6-5-7-9-12/h3,5-9H,1,4,10-11H2,2H3,(H,20,22). The minimum Gasteiger partial charge on any atom is -0.467 e. The third-order valence-electron chi connectivity index (χ3n) is 3.27. The first-order chi connectivity index (χ1) is 11.3. The number of nitrogens with one attached hydrogen (secondary N) is 1. The molecule has 1 amide bonds. The van der Waals surface area contributed by atoms with E-state index in [2.05, 4.69) is 11.3 Å². The molecule has 0 aliphatic heterocycles. The molecule has 24 heavy (non-hydrogen) atoms. The van der Waals surface area contributed by atoms with E-state index in [0.717, 1.165) is 7.11 Å². The number of carbonyl (C=O) groups is 2. The van der Waals surface area contributed by atoms with E-state index in [1.54, 1.807) is 30.3 Å². The summed E-state index contributed by atoms with van der Waals surface area (Å²) in [6.07, 6.45) is -0.401. The lowest BCUT2D eigenvalue weighted by Crippen LogP contribution is -2.64. The monoisotopic (exact) mass is 361 g/mol. The molecule has 1 aromatic rings. The Labute approximate surface area is 143 Å². The Kier molecular flexibility index (Phi) is 7.16. The quantitative estimate of drug-likeness (QED) is 0.436. The predicted molar refractivity (Wildman–Crippen MR) is 84.7 cm³/mol. The third kappa shape index (κ3) is 4.92. The molecule has 0 saturated heterocycles. The Hall–Kier alpha value is -2.15. The number of benzene rings is 1. The number of alkyl carbamates (subject to hydrolysis) is 1. The average molecular weight is 362 g/mol. The van der Waals surface area contributed by atoms with Gasteiger partial charge in [0.15, 0.2) is 0 Å². The molecule has 0 fully saturated rings. The SMILES string of the molecule is C=CCCC(NC(=O)OCc1ccccc1)(C(=O)OC)C(F)(F)Cl. The Morgan fingerprint density at radius 1 is 1.33 bits per heavy atom. The van der Waals surface area contributed by atoms with Crippen molar-refractivity contribution in [1.29, 1.82) is 0 Å². The number of hydrogen-bond donors (Lipinski definition) is 1. The maximum atomic E-state index is 13.9. The minimum absolute atomic E-state index is 0.00360. The van der Waals surface area contributed by atoms with Gasteiger partial charge in [0.2, 0.25) is 5.54 Å². The maximum Gasteiger partial charge on any atom is 0.408 e. The van der Waals surface area contributed by atoms with Gasteiger partial charge in [0.1, 0.15) is 6.61 Å². The van der Waals surface area contributed by atoms with Crippen molar-refractivity contribution in [2.75, 3.05) is 7.11 Å². The van der Waals surface area contributed by atoms with Crippen LogP contribution in [0.2, 0.25) is 0 Å². The van der Waals surface area contributed by atoms with Crippen LogP contribution in [0.4, 0.5) is 13.6 Å². The van der Waals surface area contributed by atoms with E-state index < -0.39 is 29.4 Å². The Bertz CT molecular complexity index is 577. The van der Waals surface area contributed by atoms with Crippen LogP contribution in [-0.2, 0) is 20.9 Å². The second-order valence-electron chi connectivity index (χ2n) is 4.91. The lowest BCUT2D eigenvalue weighted by atomic mass is 9.93. The van der Waals surface area contributed by atoms with Crippen LogP contribution < -0.4 is 5.32 Å². The van der Waals surface area contributed by atoms with Gasteiger partial charge in [0.05, 0.1) is 7.11 Å². The van der Waals surface area contributed by atoms with Gasteiger partial charge in [0.25, 0.3) is 0 Å². The van der Waals surface area contributed by atoms with E-state index in [4.69, 9.17) is 16.3 Å². The zero-order valence-corrected chi connectivity index (χ0v) is 13.8. The van der Waals surface area contributed by atoms with Crippen LogP contribution in [0.3, 0.4) is 0 Å². The molecule has 0 aliphatic rings. The number of hydrogen-bond acceptors (Lipinski definition) is 4. The number of rotatable bonds is 8. The molecule has 0 saturated carbocycles. The van der Waals surface area contributed by atoms with E-state index in [1.165, 1.54) is 6.08 Å². The predicted octanol–water partition coefficient (Wildman–Crippen LogP) is 3.62. The number of esters is 1. The summed E-state index contributed by atoms with van der Waals surface area (Å²) >= 11 is 5.09. The maximum absolute atomic E-state index is 13.9. The van der Waals surface area contributed by atoms with Crippen molar-refractivity contribution in [3.63, 3.8) is 0 Å². The first-order valence-corrected chi connectivity index (χ1v) is 7.39. The number of ether oxygens (including phenoxy) is 2. The molecule has 132 valence electrons. The summed E-state index contributed by atoms with van der Waals surface area (Å²) in [4.78, 5) is 23.8. The summed E-state index contributed by atoms with van der Waals surface area (Å²) in [7, 11) is 0.921. The van der Waals surface area contributed by atoms with Gasteiger partial charge in [-0.2, -0.15) is 8.78 Å². The van der Waals surface area contributed by atoms with E-state index >= 15 is 0 Å². The van der Waals surface area contributed by atoms with Crippen molar-refractivity contribution in [3.8, 4) is 0 Å².